The van der Waals surface area contributed by atoms with Crippen molar-refractivity contribution >= 4 is 0 Å². The second-order valence-corrected chi connectivity index (χ2v) is 4.95. The van der Waals surface area contributed by atoms with Crippen molar-refractivity contribution < 1.29 is 9.47 Å². The fourth-order valence-corrected chi connectivity index (χ4v) is 2.08. The van der Waals surface area contributed by atoms with Crippen LogP contribution in [0.2, 0.25) is 0 Å². The summed E-state index contributed by atoms with van der Waals surface area (Å²) in [5.41, 5.74) is 2.42. The zero-order chi connectivity index (χ0) is 14.1. The summed E-state index contributed by atoms with van der Waals surface area (Å²) >= 11 is 0. The topological polar surface area (TPSA) is 30.5 Å². The van der Waals surface area contributed by atoms with Crippen LogP contribution in [0.5, 0.6) is 5.75 Å². The van der Waals surface area contributed by atoms with E-state index in [1.54, 1.807) is 7.11 Å². The molecule has 19 heavy (non-hydrogen) atoms. The SMILES string of the molecule is CCCC(C)Oc1c(C)cccc1CNCCOC. The Bertz CT molecular complexity index is 366. The summed E-state index contributed by atoms with van der Waals surface area (Å²) in [5, 5.41) is 3.37. The molecule has 1 aromatic carbocycles. The fraction of sp³-hybridized carbons (Fsp3) is 0.625. The third-order valence-corrected chi connectivity index (χ3v) is 3.11. The standard InChI is InChI=1S/C16H27NO2/c1-5-7-14(3)19-16-13(2)8-6-9-15(16)12-17-10-11-18-4/h6,8-9,14,17H,5,7,10-12H2,1-4H3. The highest BCUT2D eigenvalue weighted by molar-refractivity contribution is 5.40. The molecule has 0 aromatic heterocycles. The monoisotopic (exact) mass is 265 g/mol. The molecule has 0 bridgehead atoms. The van der Waals surface area contributed by atoms with Gasteiger partial charge in [-0.05, 0) is 25.8 Å². The number of hydrogen-bond donors (Lipinski definition) is 1. The number of para-hydroxylation sites is 1. The average Bonchev–Trinajstić information content (AvgIpc) is 2.38. The van der Waals surface area contributed by atoms with Gasteiger partial charge in [0, 0.05) is 25.8 Å². The van der Waals surface area contributed by atoms with Crippen LogP contribution in [0.15, 0.2) is 18.2 Å². The smallest absolute Gasteiger partial charge is 0.127 e. The molecule has 0 fully saturated rings. The van der Waals surface area contributed by atoms with Crippen LogP contribution in [-0.4, -0.2) is 26.4 Å². The third-order valence-electron chi connectivity index (χ3n) is 3.11. The number of rotatable bonds is 9. The van der Waals surface area contributed by atoms with E-state index in [0.29, 0.717) is 0 Å². The van der Waals surface area contributed by atoms with Gasteiger partial charge in [-0.3, -0.25) is 0 Å². The van der Waals surface area contributed by atoms with Crippen molar-refractivity contribution in [2.24, 2.45) is 0 Å². The van der Waals surface area contributed by atoms with Gasteiger partial charge in [0.15, 0.2) is 0 Å². The van der Waals surface area contributed by atoms with Crippen molar-refractivity contribution in [3.63, 3.8) is 0 Å². The predicted molar refractivity (Wildman–Crippen MR) is 79.8 cm³/mol. The summed E-state index contributed by atoms with van der Waals surface area (Å²) in [5.74, 6) is 1.04. The maximum absolute atomic E-state index is 6.10. The van der Waals surface area contributed by atoms with E-state index in [1.807, 2.05) is 0 Å². The van der Waals surface area contributed by atoms with Gasteiger partial charge in [-0.15, -0.1) is 0 Å². The second-order valence-electron chi connectivity index (χ2n) is 4.95. The van der Waals surface area contributed by atoms with E-state index in [2.05, 4.69) is 44.3 Å². The number of methoxy groups -OCH3 is 1. The molecule has 108 valence electrons. The van der Waals surface area contributed by atoms with E-state index in [4.69, 9.17) is 9.47 Å². The van der Waals surface area contributed by atoms with Crippen molar-refractivity contribution in [3.8, 4) is 5.75 Å². The molecule has 3 heteroatoms. The Labute approximate surface area is 117 Å². The van der Waals surface area contributed by atoms with Crippen molar-refractivity contribution in [1.29, 1.82) is 0 Å². The van der Waals surface area contributed by atoms with Gasteiger partial charge in [-0.2, -0.15) is 0 Å². The van der Waals surface area contributed by atoms with Crippen LogP contribution in [0.4, 0.5) is 0 Å². The first-order valence-corrected chi connectivity index (χ1v) is 7.13. The van der Waals surface area contributed by atoms with Crippen LogP contribution in [0, 0.1) is 6.92 Å². The van der Waals surface area contributed by atoms with E-state index >= 15 is 0 Å². The summed E-state index contributed by atoms with van der Waals surface area (Å²) < 4.78 is 11.1. The summed E-state index contributed by atoms with van der Waals surface area (Å²) in [6.07, 6.45) is 2.50. The maximum atomic E-state index is 6.10. The Morgan fingerprint density at radius 1 is 1.32 bits per heavy atom. The number of hydrogen-bond acceptors (Lipinski definition) is 3. The molecular weight excluding hydrogens is 238 g/mol. The molecule has 1 aromatic rings. The molecular formula is C16H27NO2. The molecule has 0 saturated carbocycles. The lowest BCUT2D eigenvalue weighted by molar-refractivity contribution is 0.197. The first-order valence-electron chi connectivity index (χ1n) is 7.13. The first-order chi connectivity index (χ1) is 9.19. The van der Waals surface area contributed by atoms with Crippen LogP contribution in [0.3, 0.4) is 0 Å². The van der Waals surface area contributed by atoms with Crippen molar-refractivity contribution in [2.75, 3.05) is 20.3 Å². The summed E-state index contributed by atoms with van der Waals surface area (Å²) in [4.78, 5) is 0. The first kappa shape index (κ1) is 16.0. The van der Waals surface area contributed by atoms with Crippen molar-refractivity contribution in [2.45, 2.75) is 46.3 Å². The van der Waals surface area contributed by atoms with Gasteiger partial charge in [0.1, 0.15) is 5.75 Å². The molecule has 0 saturated heterocycles. The molecule has 1 N–H and O–H groups in total. The van der Waals surface area contributed by atoms with Gasteiger partial charge in [0.2, 0.25) is 0 Å². The minimum absolute atomic E-state index is 0.267. The van der Waals surface area contributed by atoms with Crippen molar-refractivity contribution in [1.82, 2.24) is 5.32 Å². The van der Waals surface area contributed by atoms with Gasteiger partial charge >= 0.3 is 0 Å². The molecule has 0 radical (unpaired) electrons. The van der Waals surface area contributed by atoms with Crippen LogP contribution in [0.25, 0.3) is 0 Å². The lowest BCUT2D eigenvalue weighted by Gasteiger charge is -2.19. The highest BCUT2D eigenvalue weighted by Crippen LogP contribution is 2.25. The number of nitrogens with one attached hydrogen (secondary N) is 1. The Morgan fingerprint density at radius 3 is 2.79 bits per heavy atom. The number of ether oxygens (including phenoxy) is 2. The molecule has 0 aliphatic carbocycles. The molecule has 0 heterocycles. The molecule has 0 spiro atoms. The van der Waals surface area contributed by atoms with Crippen LogP contribution >= 0.6 is 0 Å². The lowest BCUT2D eigenvalue weighted by atomic mass is 10.1. The van der Waals surface area contributed by atoms with Gasteiger partial charge in [-0.25, -0.2) is 0 Å². The molecule has 3 nitrogen and oxygen atoms in total. The third kappa shape index (κ3) is 5.62. The maximum Gasteiger partial charge on any atom is 0.127 e. The van der Waals surface area contributed by atoms with E-state index < -0.39 is 0 Å². The van der Waals surface area contributed by atoms with E-state index in [1.165, 1.54) is 11.1 Å². The summed E-state index contributed by atoms with van der Waals surface area (Å²) in [7, 11) is 1.72. The van der Waals surface area contributed by atoms with E-state index in [0.717, 1.165) is 38.3 Å². The van der Waals surface area contributed by atoms with Gasteiger partial charge in [0.05, 0.1) is 12.7 Å². The highest BCUT2D eigenvalue weighted by atomic mass is 16.5. The van der Waals surface area contributed by atoms with E-state index in [-0.39, 0.29) is 6.10 Å². The predicted octanol–water partition coefficient (Wildman–Crippen LogP) is 3.30. The number of aryl methyl sites for hydroxylation is 1. The molecule has 1 rings (SSSR count). The Balaban J connectivity index is 2.66. The average molecular weight is 265 g/mol. The van der Waals surface area contributed by atoms with Gasteiger partial charge < -0.3 is 14.8 Å². The van der Waals surface area contributed by atoms with Crippen molar-refractivity contribution in [3.05, 3.63) is 29.3 Å². The molecule has 0 amide bonds. The Kier molecular flexibility index (Phi) is 7.53. The quantitative estimate of drug-likeness (QED) is 0.695. The second kappa shape index (κ2) is 8.94. The largest absolute Gasteiger partial charge is 0.490 e. The van der Waals surface area contributed by atoms with Crippen LogP contribution in [-0.2, 0) is 11.3 Å². The Hall–Kier alpha value is -1.06. The number of benzene rings is 1. The zero-order valence-electron chi connectivity index (χ0n) is 12.7. The van der Waals surface area contributed by atoms with E-state index in [9.17, 15) is 0 Å². The highest BCUT2D eigenvalue weighted by Gasteiger charge is 2.10. The summed E-state index contributed by atoms with van der Waals surface area (Å²) in [6, 6.07) is 6.31. The fourth-order valence-electron chi connectivity index (χ4n) is 2.08. The van der Waals surface area contributed by atoms with Crippen LogP contribution < -0.4 is 10.1 Å². The Morgan fingerprint density at radius 2 is 2.11 bits per heavy atom. The molecule has 0 aliphatic rings. The molecule has 1 atom stereocenters. The van der Waals surface area contributed by atoms with Crippen LogP contribution in [0.1, 0.15) is 37.8 Å². The minimum Gasteiger partial charge on any atom is -0.490 e. The van der Waals surface area contributed by atoms with Gasteiger partial charge in [0.25, 0.3) is 0 Å². The normalized spacial score (nSPS) is 12.4. The summed E-state index contributed by atoms with van der Waals surface area (Å²) in [6.45, 7) is 8.83. The minimum atomic E-state index is 0.267. The van der Waals surface area contributed by atoms with Gasteiger partial charge in [-0.1, -0.05) is 31.5 Å². The lowest BCUT2D eigenvalue weighted by Crippen LogP contribution is -2.20. The molecule has 0 aliphatic heterocycles. The molecule has 1 unspecified atom stereocenters. The zero-order valence-corrected chi connectivity index (χ0v) is 12.7.